The van der Waals surface area contributed by atoms with E-state index in [-0.39, 0.29) is 17.8 Å². The van der Waals surface area contributed by atoms with Gasteiger partial charge in [-0.05, 0) is 42.2 Å². The van der Waals surface area contributed by atoms with Crippen LogP contribution in [0.1, 0.15) is 38.9 Å². The molecule has 5 rings (SSSR count). The molecule has 0 N–H and O–H groups in total. The Hall–Kier alpha value is -3.73. The molecule has 1 aromatic heterocycles. The lowest BCUT2D eigenvalue weighted by molar-refractivity contribution is 0.0693. The average molecular weight is 412 g/mol. The van der Waals surface area contributed by atoms with E-state index in [0.717, 1.165) is 23.1 Å². The first kappa shape index (κ1) is 19.2. The minimum Gasteiger partial charge on any atom is -0.360 e. The summed E-state index contributed by atoms with van der Waals surface area (Å²) in [5.74, 6) is 0.0500. The molecule has 0 unspecified atom stereocenters. The van der Waals surface area contributed by atoms with E-state index in [1.165, 1.54) is 17.7 Å². The van der Waals surface area contributed by atoms with E-state index < -0.39 is 0 Å². The number of benzene rings is 3. The Morgan fingerprint density at radius 3 is 2.48 bits per heavy atom. The topological polar surface area (TPSA) is 46.3 Å². The van der Waals surface area contributed by atoms with Gasteiger partial charge in [-0.25, -0.2) is 4.39 Å². The summed E-state index contributed by atoms with van der Waals surface area (Å²) in [4.78, 5) is 15.7. The van der Waals surface area contributed by atoms with Crippen LogP contribution in [0, 0.1) is 12.7 Å². The highest BCUT2D eigenvalue weighted by atomic mass is 19.1. The van der Waals surface area contributed by atoms with Gasteiger partial charge >= 0.3 is 0 Å². The molecule has 3 aromatic carbocycles. The number of halogens is 1. The number of rotatable bonds is 3. The van der Waals surface area contributed by atoms with Crippen LogP contribution in [0.4, 0.5) is 4.39 Å². The van der Waals surface area contributed by atoms with E-state index in [9.17, 15) is 9.18 Å². The molecule has 0 saturated carbocycles. The molecule has 0 bridgehead atoms. The lowest BCUT2D eigenvalue weighted by Gasteiger charge is -2.37. The highest BCUT2D eigenvalue weighted by Gasteiger charge is 2.35. The standard InChI is InChI=1S/C26H21FN2O2/c1-17-23(24(28-31-17)19-8-3-2-4-9-19)26(30)29-16-15-18-7-5-6-10-22(18)25(29)20-11-13-21(27)14-12-20/h2-14,25H,15-16H2,1H3/t25-/m1/s1. The van der Waals surface area contributed by atoms with Crippen molar-refractivity contribution in [1.82, 2.24) is 10.1 Å². The smallest absolute Gasteiger partial charge is 0.260 e. The van der Waals surface area contributed by atoms with Crippen molar-refractivity contribution in [2.24, 2.45) is 0 Å². The zero-order chi connectivity index (χ0) is 21.4. The second kappa shape index (κ2) is 7.84. The molecule has 2 heterocycles. The van der Waals surface area contributed by atoms with Gasteiger partial charge in [0.05, 0.1) is 6.04 Å². The number of carbonyl (C=O) groups excluding carboxylic acids is 1. The number of amides is 1. The highest BCUT2D eigenvalue weighted by Crippen LogP contribution is 2.37. The largest absolute Gasteiger partial charge is 0.360 e. The fourth-order valence-corrected chi connectivity index (χ4v) is 4.35. The van der Waals surface area contributed by atoms with E-state index >= 15 is 0 Å². The van der Waals surface area contributed by atoms with E-state index in [4.69, 9.17) is 4.52 Å². The van der Waals surface area contributed by atoms with Crippen molar-refractivity contribution in [3.63, 3.8) is 0 Å². The maximum absolute atomic E-state index is 13.9. The van der Waals surface area contributed by atoms with Crippen molar-refractivity contribution < 1.29 is 13.7 Å². The second-order valence-corrected chi connectivity index (χ2v) is 7.73. The number of aromatic nitrogens is 1. The Morgan fingerprint density at radius 1 is 1.00 bits per heavy atom. The molecule has 0 fully saturated rings. The third-order valence-corrected chi connectivity index (χ3v) is 5.85. The molecule has 0 radical (unpaired) electrons. The van der Waals surface area contributed by atoms with Crippen LogP contribution in [0.25, 0.3) is 11.3 Å². The van der Waals surface area contributed by atoms with Gasteiger partial charge in [0.2, 0.25) is 0 Å². The second-order valence-electron chi connectivity index (χ2n) is 7.73. The summed E-state index contributed by atoms with van der Waals surface area (Å²) in [6, 6.07) is 23.8. The van der Waals surface area contributed by atoms with Crippen LogP contribution >= 0.6 is 0 Å². The average Bonchev–Trinajstić information content (AvgIpc) is 3.20. The summed E-state index contributed by atoms with van der Waals surface area (Å²) in [7, 11) is 0. The monoisotopic (exact) mass is 412 g/mol. The van der Waals surface area contributed by atoms with Crippen LogP contribution in [-0.2, 0) is 6.42 Å². The van der Waals surface area contributed by atoms with Gasteiger partial charge in [-0.2, -0.15) is 0 Å². The van der Waals surface area contributed by atoms with E-state index in [0.29, 0.717) is 23.6 Å². The molecular formula is C26H21FN2O2. The van der Waals surface area contributed by atoms with Gasteiger partial charge in [-0.3, -0.25) is 4.79 Å². The summed E-state index contributed by atoms with van der Waals surface area (Å²) < 4.78 is 19.1. The van der Waals surface area contributed by atoms with Gasteiger partial charge in [-0.15, -0.1) is 0 Å². The van der Waals surface area contributed by atoms with E-state index in [1.807, 2.05) is 53.4 Å². The van der Waals surface area contributed by atoms with Crippen LogP contribution in [-0.4, -0.2) is 22.5 Å². The van der Waals surface area contributed by atoms with Gasteiger partial charge in [-0.1, -0.05) is 71.9 Å². The van der Waals surface area contributed by atoms with Gasteiger partial charge in [0.1, 0.15) is 22.8 Å². The molecule has 1 aliphatic heterocycles. The maximum Gasteiger partial charge on any atom is 0.260 e. The third-order valence-electron chi connectivity index (χ3n) is 5.85. The fraction of sp³-hybridized carbons (Fsp3) is 0.154. The predicted octanol–water partition coefficient (Wildman–Crippen LogP) is 5.58. The normalized spacial score (nSPS) is 15.5. The number of fused-ring (bicyclic) bond motifs is 1. The van der Waals surface area contributed by atoms with E-state index in [1.54, 1.807) is 19.1 Å². The SMILES string of the molecule is Cc1onc(-c2ccccc2)c1C(=O)N1CCc2ccccc2[C@H]1c1ccc(F)cc1. The summed E-state index contributed by atoms with van der Waals surface area (Å²) in [6.45, 7) is 2.31. The number of aryl methyl sites for hydroxylation is 1. The minimum absolute atomic E-state index is 0.138. The molecule has 4 nitrogen and oxygen atoms in total. The number of nitrogens with zero attached hydrogens (tertiary/aromatic N) is 2. The summed E-state index contributed by atoms with van der Waals surface area (Å²) >= 11 is 0. The van der Waals surface area contributed by atoms with Crippen LogP contribution in [0.3, 0.4) is 0 Å². The van der Waals surface area contributed by atoms with Gasteiger partial charge in [0.25, 0.3) is 5.91 Å². The number of hydrogen-bond donors (Lipinski definition) is 0. The van der Waals surface area contributed by atoms with Crippen molar-refractivity contribution in [2.45, 2.75) is 19.4 Å². The zero-order valence-corrected chi connectivity index (χ0v) is 17.1. The lowest BCUT2D eigenvalue weighted by Crippen LogP contribution is -2.41. The first-order valence-electron chi connectivity index (χ1n) is 10.3. The molecule has 0 spiro atoms. The molecular weight excluding hydrogens is 391 g/mol. The summed E-state index contributed by atoms with van der Waals surface area (Å²) in [5.41, 5.74) is 4.98. The molecule has 4 aromatic rings. The molecule has 1 amide bonds. The first-order valence-corrected chi connectivity index (χ1v) is 10.3. The highest BCUT2D eigenvalue weighted by molar-refractivity contribution is 6.01. The molecule has 1 aliphatic rings. The number of hydrogen-bond acceptors (Lipinski definition) is 3. The minimum atomic E-state index is -0.309. The van der Waals surface area contributed by atoms with Crippen LogP contribution in [0.15, 0.2) is 83.4 Å². The van der Waals surface area contributed by atoms with Gasteiger partial charge in [0.15, 0.2) is 0 Å². The zero-order valence-electron chi connectivity index (χ0n) is 17.1. The molecule has 154 valence electrons. The van der Waals surface area contributed by atoms with Crippen LogP contribution < -0.4 is 0 Å². The van der Waals surface area contributed by atoms with Crippen molar-refractivity contribution >= 4 is 5.91 Å². The molecule has 0 saturated heterocycles. The fourth-order valence-electron chi connectivity index (χ4n) is 4.35. The van der Waals surface area contributed by atoms with Gasteiger partial charge < -0.3 is 9.42 Å². The number of carbonyl (C=O) groups is 1. The van der Waals surface area contributed by atoms with Gasteiger partial charge in [0, 0.05) is 12.1 Å². The third kappa shape index (κ3) is 3.42. The van der Waals surface area contributed by atoms with Crippen molar-refractivity contribution in [2.75, 3.05) is 6.54 Å². The van der Waals surface area contributed by atoms with Crippen molar-refractivity contribution in [1.29, 1.82) is 0 Å². The maximum atomic E-state index is 13.9. The quantitative estimate of drug-likeness (QED) is 0.441. The Balaban J connectivity index is 1.62. The lowest BCUT2D eigenvalue weighted by atomic mass is 9.87. The van der Waals surface area contributed by atoms with Crippen LogP contribution in [0.2, 0.25) is 0 Å². The van der Waals surface area contributed by atoms with Crippen LogP contribution in [0.5, 0.6) is 0 Å². The molecule has 0 aliphatic carbocycles. The van der Waals surface area contributed by atoms with Crippen molar-refractivity contribution in [3.05, 3.63) is 113 Å². The first-order chi connectivity index (χ1) is 15.1. The Morgan fingerprint density at radius 2 is 1.71 bits per heavy atom. The Labute approximate surface area is 179 Å². The van der Waals surface area contributed by atoms with Crippen molar-refractivity contribution in [3.8, 4) is 11.3 Å². The Kier molecular flexibility index (Phi) is 4.86. The summed E-state index contributed by atoms with van der Waals surface area (Å²) in [6.07, 6.45) is 0.755. The summed E-state index contributed by atoms with van der Waals surface area (Å²) in [5, 5.41) is 4.18. The predicted molar refractivity (Wildman–Crippen MR) is 116 cm³/mol. The molecule has 1 atom stereocenters. The Bertz CT molecular complexity index is 1230. The molecule has 31 heavy (non-hydrogen) atoms. The molecule has 5 heteroatoms. The van der Waals surface area contributed by atoms with E-state index in [2.05, 4.69) is 11.2 Å².